The maximum Gasteiger partial charge on any atom is 0.163 e. The molecule has 0 spiro atoms. The van der Waals surface area contributed by atoms with Crippen LogP contribution in [0.1, 0.15) is 39.5 Å². The first kappa shape index (κ1) is 17.3. The quantitative estimate of drug-likeness (QED) is 0.809. The average Bonchev–Trinajstić information content (AvgIpc) is 2.69. The van der Waals surface area contributed by atoms with E-state index in [2.05, 4.69) is 54.0 Å². The molecule has 1 aromatic carbocycles. The summed E-state index contributed by atoms with van der Waals surface area (Å²) in [4.78, 5) is 14.8. The highest BCUT2D eigenvalue weighted by Gasteiger charge is 2.22. The van der Waals surface area contributed by atoms with Crippen LogP contribution in [0.5, 0.6) is 0 Å². The van der Waals surface area contributed by atoms with Crippen molar-refractivity contribution in [1.29, 1.82) is 0 Å². The van der Waals surface area contributed by atoms with Gasteiger partial charge in [0, 0.05) is 37.8 Å². The molecule has 0 radical (unpaired) electrons. The Balaban J connectivity index is 1.69. The molecule has 2 aliphatic heterocycles. The van der Waals surface area contributed by atoms with Crippen LogP contribution in [0, 0.1) is 11.8 Å². The molecular weight excluding hydrogens is 320 g/mol. The Morgan fingerprint density at radius 1 is 0.808 bits per heavy atom. The Morgan fingerprint density at radius 3 is 2.19 bits per heavy atom. The first-order chi connectivity index (χ1) is 12.7. The van der Waals surface area contributed by atoms with Crippen LogP contribution in [0.15, 0.2) is 36.4 Å². The van der Waals surface area contributed by atoms with E-state index in [4.69, 9.17) is 9.97 Å². The van der Waals surface area contributed by atoms with Crippen molar-refractivity contribution >= 4 is 11.6 Å². The summed E-state index contributed by atoms with van der Waals surface area (Å²) in [7, 11) is 0. The van der Waals surface area contributed by atoms with Crippen LogP contribution in [0.3, 0.4) is 0 Å². The molecule has 138 valence electrons. The van der Waals surface area contributed by atoms with Gasteiger partial charge in [0.25, 0.3) is 0 Å². The van der Waals surface area contributed by atoms with Crippen molar-refractivity contribution < 1.29 is 0 Å². The predicted molar refractivity (Wildman–Crippen MR) is 109 cm³/mol. The number of rotatable bonds is 3. The second kappa shape index (κ2) is 7.65. The third kappa shape index (κ3) is 3.84. The Kier molecular flexibility index (Phi) is 5.09. The maximum atomic E-state index is 4.96. The molecule has 2 fully saturated rings. The fourth-order valence-electron chi connectivity index (χ4n) is 4.10. The van der Waals surface area contributed by atoms with Crippen LogP contribution >= 0.6 is 0 Å². The number of aromatic nitrogens is 2. The molecule has 4 rings (SSSR count). The molecule has 2 saturated heterocycles. The van der Waals surface area contributed by atoms with Crippen LogP contribution in [-0.4, -0.2) is 36.1 Å². The Bertz CT molecular complexity index is 722. The van der Waals surface area contributed by atoms with E-state index < -0.39 is 0 Å². The van der Waals surface area contributed by atoms with E-state index in [0.717, 1.165) is 61.0 Å². The van der Waals surface area contributed by atoms with Crippen molar-refractivity contribution in [3.63, 3.8) is 0 Å². The summed E-state index contributed by atoms with van der Waals surface area (Å²) in [5.74, 6) is 4.61. The van der Waals surface area contributed by atoms with Crippen molar-refractivity contribution in [3.8, 4) is 11.4 Å². The smallest absolute Gasteiger partial charge is 0.163 e. The molecule has 1 unspecified atom stereocenters. The summed E-state index contributed by atoms with van der Waals surface area (Å²) in [5.41, 5.74) is 1.10. The Morgan fingerprint density at radius 2 is 1.50 bits per heavy atom. The lowest BCUT2D eigenvalue weighted by Crippen LogP contribution is -2.36. The lowest BCUT2D eigenvalue weighted by Gasteiger charge is -2.34. The zero-order valence-corrected chi connectivity index (χ0v) is 16.1. The zero-order chi connectivity index (χ0) is 17.9. The largest absolute Gasteiger partial charge is 0.356 e. The molecule has 0 amide bonds. The third-order valence-electron chi connectivity index (χ3n) is 5.82. The van der Waals surface area contributed by atoms with E-state index in [1.165, 1.54) is 25.7 Å². The molecule has 0 aliphatic carbocycles. The molecule has 4 nitrogen and oxygen atoms in total. The number of nitrogens with zero attached hydrogens (tertiary/aromatic N) is 4. The summed E-state index contributed by atoms with van der Waals surface area (Å²) in [6.45, 7) is 9.10. The number of piperidine rings is 2. The van der Waals surface area contributed by atoms with Gasteiger partial charge in [-0.2, -0.15) is 0 Å². The fraction of sp³-hybridized carbons (Fsp3) is 0.545. The van der Waals surface area contributed by atoms with Crippen LogP contribution < -0.4 is 9.80 Å². The summed E-state index contributed by atoms with van der Waals surface area (Å²) in [6, 6.07) is 12.6. The third-order valence-corrected chi connectivity index (χ3v) is 5.82. The number of hydrogen-bond donors (Lipinski definition) is 0. The molecule has 2 aromatic rings. The highest BCUT2D eigenvalue weighted by Crippen LogP contribution is 2.29. The van der Waals surface area contributed by atoms with Gasteiger partial charge in [-0.15, -0.1) is 0 Å². The molecule has 0 saturated carbocycles. The molecule has 1 atom stereocenters. The van der Waals surface area contributed by atoms with Gasteiger partial charge >= 0.3 is 0 Å². The second-order valence-electron chi connectivity index (χ2n) is 8.14. The van der Waals surface area contributed by atoms with Crippen molar-refractivity contribution in [2.24, 2.45) is 11.8 Å². The van der Waals surface area contributed by atoms with Gasteiger partial charge in [0.05, 0.1) is 0 Å². The van der Waals surface area contributed by atoms with E-state index >= 15 is 0 Å². The number of hydrogen-bond acceptors (Lipinski definition) is 4. The van der Waals surface area contributed by atoms with Crippen LogP contribution in [0.25, 0.3) is 11.4 Å². The van der Waals surface area contributed by atoms with E-state index in [1.807, 2.05) is 6.07 Å². The average molecular weight is 351 g/mol. The highest BCUT2D eigenvalue weighted by molar-refractivity contribution is 5.62. The Labute approximate surface area is 157 Å². The van der Waals surface area contributed by atoms with Gasteiger partial charge in [0.15, 0.2) is 5.82 Å². The van der Waals surface area contributed by atoms with Crippen LogP contribution in [0.4, 0.5) is 11.6 Å². The lowest BCUT2D eigenvalue weighted by atomic mass is 9.99. The van der Waals surface area contributed by atoms with Crippen LogP contribution in [0.2, 0.25) is 0 Å². The molecule has 4 heteroatoms. The summed E-state index contributed by atoms with van der Waals surface area (Å²) in [6.07, 6.45) is 5.08. The fourth-order valence-corrected chi connectivity index (χ4v) is 4.10. The molecule has 0 bridgehead atoms. The topological polar surface area (TPSA) is 32.3 Å². The second-order valence-corrected chi connectivity index (χ2v) is 8.14. The SMILES string of the molecule is CC1CCN(c2cc(N3CCCC(C)C3)nc(-c3ccccc3)n2)CC1. The number of anilines is 2. The van der Waals surface area contributed by atoms with E-state index in [-0.39, 0.29) is 0 Å². The van der Waals surface area contributed by atoms with Crippen LogP contribution in [-0.2, 0) is 0 Å². The minimum atomic E-state index is 0.734. The minimum absolute atomic E-state index is 0.734. The van der Waals surface area contributed by atoms with E-state index in [0.29, 0.717) is 0 Å². The molecule has 3 heterocycles. The van der Waals surface area contributed by atoms with Gasteiger partial charge in [0.1, 0.15) is 11.6 Å². The van der Waals surface area contributed by atoms with Gasteiger partial charge in [0.2, 0.25) is 0 Å². The molecule has 1 aromatic heterocycles. The summed E-state index contributed by atoms with van der Waals surface area (Å²) < 4.78 is 0. The monoisotopic (exact) mass is 350 g/mol. The van der Waals surface area contributed by atoms with Gasteiger partial charge in [-0.25, -0.2) is 9.97 Å². The van der Waals surface area contributed by atoms with Crippen molar-refractivity contribution in [2.45, 2.75) is 39.5 Å². The number of benzene rings is 1. The molecule has 26 heavy (non-hydrogen) atoms. The first-order valence-electron chi connectivity index (χ1n) is 10.1. The normalized spacial score (nSPS) is 21.8. The summed E-state index contributed by atoms with van der Waals surface area (Å²) >= 11 is 0. The van der Waals surface area contributed by atoms with Gasteiger partial charge < -0.3 is 9.80 Å². The summed E-state index contributed by atoms with van der Waals surface area (Å²) in [5, 5.41) is 0. The van der Waals surface area contributed by atoms with E-state index in [9.17, 15) is 0 Å². The predicted octanol–water partition coefficient (Wildman–Crippen LogP) is 4.62. The molecular formula is C22H30N4. The molecule has 2 aliphatic rings. The minimum Gasteiger partial charge on any atom is -0.356 e. The zero-order valence-electron chi connectivity index (χ0n) is 16.1. The highest BCUT2D eigenvalue weighted by atomic mass is 15.2. The maximum absolute atomic E-state index is 4.96. The lowest BCUT2D eigenvalue weighted by molar-refractivity contribution is 0.435. The standard InChI is InChI=1S/C22H30N4/c1-17-10-13-25(14-11-17)20-15-21(26-12-6-7-18(2)16-26)24-22(23-20)19-8-4-3-5-9-19/h3-5,8-9,15,17-18H,6-7,10-14,16H2,1-2H3. The van der Waals surface area contributed by atoms with Crippen molar-refractivity contribution in [1.82, 2.24) is 9.97 Å². The van der Waals surface area contributed by atoms with E-state index in [1.54, 1.807) is 0 Å². The molecule has 0 N–H and O–H groups in total. The van der Waals surface area contributed by atoms with Gasteiger partial charge in [-0.1, -0.05) is 44.2 Å². The Hall–Kier alpha value is -2.10. The first-order valence-corrected chi connectivity index (χ1v) is 10.1. The van der Waals surface area contributed by atoms with Crippen molar-refractivity contribution in [3.05, 3.63) is 36.4 Å². The van der Waals surface area contributed by atoms with Crippen molar-refractivity contribution in [2.75, 3.05) is 36.0 Å². The van der Waals surface area contributed by atoms with Gasteiger partial charge in [-0.05, 0) is 37.5 Å². The van der Waals surface area contributed by atoms with Gasteiger partial charge in [-0.3, -0.25) is 0 Å².